The highest BCUT2D eigenvalue weighted by atomic mass is 35.5. The Balaban J connectivity index is 2.91. The van der Waals surface area contributed by atoms with Crippen LogP contribution in [0.15, 0.2) is 28.0 Å². The van der Waals surface area contributed by atoms with Gasteiger partial charge in [0, 0.05) is 9.79 Å². The second kappa shape index (κ2) is 6.87. The summed E-state index contributed by atoms with van der Waals surface area (Å²) in [5.74, 6) is 5.41. The van der Waals surface area contributed by atoms with E-state index in [0.29, 0.717) is 0 Å². The zero-order valence-electron chi connectivity index (χ0n) is 9.04. The zero-order valence-corrected chi connectivity index (χ0v) is 12.2. The van der Waals surface area contributed by atoms with Crippen LogP contribution in [-0.2, 0) is 0 Å². The van der Waals surface area contributed by atoms with Gasteiger partial charge in [0.05, 0.1) is 15.1 Å². The number of halogens is 2. The molecular formula is C10H14Cl2N2S2. The number of hydrazine groups is 1. The van der Waals surface area contributed by atoms with Gasteiger partial charge in [-0.1, -0.05) is 0 Å². The van der Waals surface area contributed by atoms with Crippen LogP contribution in [0.4, 0.5) is 5.69 Å². The summed E-state index contributed by atoms with van der Waals surface area (Å²) in [6.07, 6.45) is 0. The Morgan fingerprint density at radius 2 is 1.50 bits per heavy atom. The molecule has 1 rings (SSSR count). The van der Waals surface area contributed by atoms with Crippen molar-refractivity contribution in [2.24, 2.45) is 5.84 Å². The van der Waals surface area contributed by atoms with E-state index in [1.807, 2.05) is 26.0 Å². The number of nitrogens with two attached hydrogens (primary N) is 1. The first kappa shape index (κ1) is 14.3. The number of thioether (sulfide) groups is 2. The lowest BCUT2D eigenvalue weighted by molar-refractivity contribution is 1.25. The molecule has 0 radical (unpaired) electrons. The minimum absolute atomic E-state index is 0.0271. The van der Waals surface area contributed by atoms with E-state index < -0.39 is 0 Å². The first-order valence-electron chi connectivity index (χ1n) is 4.74. The van der Waals surface area contributed by atoms with Gasteiger partial charge < -0.3 is 5.43 Å². The van der Waals surface area contributed by atoms with E-state index in [1.165, 1.54) is 0 Å². The molecule has 0 saturated carbocycles. The van der Waals surface area contributed by atoms with Crippen LogP contribution < -0.4 is 11.3 Å². The fourth-order valence-corrected chi connectivity index (χ4v) is 3.39. The lowest BCUT2D eigenvalue weighted by Gasteiger charge is -2.10. The summed E-state index contributed by atoms with van der Waals surface area (Å²) in [5.41, 5.74) is 3.50. The molecule has 90 valence electrons. The number of hydrogen-bond donors (Lipinski definition) is 2. The number of nitrogen functional groups attached to an aromatic ring is 1. The Kier molecular flexibility index (Phi) is 6.15. The van der Waals surface area contributed by atoms with E-state index in [2.05, 4.69) is 11.5 Å². The maximum absolute atomic E-state index is 5.94. The van der Waals surface area contributed by atoms with Crippen LogP contribution in [0.2, 0.25) is 0 Å². The van der Waals surface area contributed by atoms with E-state index in [9.17, 15) is 0 Å². The molecule has 16 heavy (non-hydrogen) atoms. The SMILES string of the molecule is CC(Cl)Sc1cc(NN)cc(SC(C)Cl)c1. The number of rotatable bonds is 5. The van der Waals surface area contributed by atoms with Crippen molar-refractivity contribution in [3.05, 3.63) is 18.2 Å². The van der Waals surface area contributed by atoms with Crippen molar-refractivity contribution in [3.63, 3.8) is 0 Å². The maximum atomic E-state index is 5.94. The third-order valence-corrected chi connectivity index (χ3v) is 3.84. The highest BCUT2D eigenvalue weighted by Gasteiger charge is 2.06. The van der Waals surface area contributed by atoms with Crippen LogP contribution in [0.5, 0.6) is 0 Å². The van der Waals surface area contributed by atoms with Crippen molar-refractivity contribution in [1.29, 1.82) is 0 Å². The Labute approximate surface area is 115 Å². The fourth-order valence-electron chi connectivity index (χ4n) is 1.17. The molecule has 6 heteroatoms. The molecule has 1 aromatic rings. The molecule has 2 unspecified atom stereocenters. The molecule has 0 aliphatic carbocycles. The predicted octanol–water partition coefficient (Wildman–Crippen LogP) is 4.33. The van der Waals surface area contributed by atoms with Crippen molar-refractivity contribution < 1.29 is 0 Å². The van der Waals surface area contributed by atoms with E-state index in [0.717, 1.165) is 15.5 Å². The first-order chi connectivity index (χ1) is 7.51. The average molecular weight is 297 g/mol. The summed E-state index contributed by atoms with van der Waals surface area (Å²) in [7, 11) is 0. The number of nitrogens with one attached hydrogen (secondary N) is 1. The molecule has 0 aromatic heterocycles. The monoisotopic (exact) mass is 296 g/mol. The van der Waals surface area contributed by atoms with Crippen LogP contribution in [0, 0.1) is 0 Å². The van der Waals surface area contributed by atoms with Crippen LogP contribution in [0.1, 0.15) is 13.8 Å². The quantitative estimate of drug-likeness (QED) is 0.367. The molecule has 0 aliphatic rings. The van der Waals surface area contributed by atoms with Gasteiger partial charge in [-0.25, -0.2) is 0 Å². The molecule has 0 bridgehead atoms. The molecule has 2 nitrogen and oxygen atoms in total. The van der Waals surface area contributed by atoms with Gasteiger partial charge in [-0.3, -0.25) is 5.84 Å². The summed E-state index contributed by atoms with van der Waals surface area (Å²) in [4.78, 5) is 2.16. The van der Waals surface area contributed by atoms with Crippen molar-refractivity contribution in [1.82, 2.24) is 0 Å². The molecule has 0 saturated heterocycles. The van der Waals surface area contributed by atoms with E-state index in [4.69, 9.17) is 29.0 Å². The van der Waals surface area contributed by atoms with Gasteiger partial charge in [-0.05, 0) is 32.0 Å². The zero-order chi connectivity index (χ0) is 12.1. The lowest BCUT2D eigenvalue weighted by atomic mass is 10.3. The topological polar surface area (TPSA) is 38.0 Å². The van der Waals surface area contributed by atoms with Crippen molar-refractivity contribution in [2.75, 3.05) is 5.43 Å². The molecule has 3 N–H and O–H groups in total. The summed E-state index contributed by atoms with van der Waals surface area (Å²) < 4.78 is 0.0543. The average Bonchev–Trinajstić information content (AvgIpc) is 2.14. The molecule has 0 fully saturated rings. The fraction of sp³-hybridized carbons (Fsp3) is 0.400. The van der Waals surface area contributed by atoms with E-state index in [-0.39, 0.29) is 9.42 Å². The summed E-state index contributed by atoms with van der Waals surface area (Å²) in [5, 5.41) is 0. The summed E-state index contributed by atoms with van der Waals surface area (Å²) in [6, 6.07) is 5.99. The van der Waals surface area contributed by atoms with Crippen LogP contribution in [-0.4, -0.2) is 9.42 Å². The second-order valence-corrected chi connectivity index (χ2v) is 7.81. The third-order valence-electron chi connectivity index (χ3n) is 1.64. The normalized spacial score (nSPS) is 14.6. The van der Waals surface area contributed by atoms with E-state index >= 15 is 0 Å². The molecular weight excluding hydrogens is 283 g/mol. The minimum atomic E-state index is 0.0271. The first-order valence-corrected chi connectivity index (χ1v) is 7.37. The van der Waals surface area contributed by atoms with Gasteiger partial charge in [0.15, 0.2) is 0 Å². The minimum Gasteiger partial charge on any atom is -0.324 e. The highest BCUT2D eigenvalue weighted by Crippen LogP contribution is 2.34. The molecule has 2 atom stereocenters. The number of benzene rings is 1. The molecule has 0 spiro atoms. The van der Waals surface area contributed by atoms with Gasteiger partial charge in [0.25, 0.3) is 0 Å². The van der Waals surface area contributed by atoms with Crippen molar-refractivity contribution in [3.8, 4) is 0 Å². The summed E-state index contributed by atoms with van der Waals surface area (Å²) >= 11 is 15.1. The van der Waals surface area contributed by atoms with Gasteiger partial charge in [0.2, 0.25) is 0 Å². The third kappa shape index (κ3) is 5.06. The molecule has 0 amide bonds. The number of anilines is 1. The predicted molar refractivity (Wildman–Crippen MR) is 76.6 cm³/mol. The van der Waals surface area contributed by atoms with Crippen LogP contribution in [0.25, 0.3) is 0 Å². The maximum Gasteiger partial charge on any atom is 0.0807 e. The smallest absolute Gasteiger partial charge is 0.0807 e. The van der Waals surface area contributed by atoms with Gasteiger partial charge in [-0.15, -0.1) is 46.7 Å². The molecule has 1 aromatic carbocycles. The Hall–Kier alpha value is 0.260. The highest BCUT2D eigenvalue weighted by molar-refractivity contribution is 8.01. The molecule has 0 heterocycles. The standard InChI is InChI=1S/C10H14Cl2N2S2/c1-6(11)15-9-3-8(14-13)4-10(5-9)16-7(2)12/h3-7,14H,13H2,1-2H3. The van der Waals surface area contributed by atoms with Crippen LogP contribution in [0.3, 0.4) is 0 Å². The Morgan fingerprint density at radius 3 is 1.81 bits per heavy atom. The van der Waals surface area contributed by atoms with E-state index in [1.54, 1.807) is 23.5 Å². The van der Waals surface area contributed by atoms with Gasteiger partial charge in [-0.2, -0.15) is 0 Å². The molecule has 0 aliphatic heterocycles. The summed E-state index contributed by atoms with van der Waals surface area (Å²) in [6.45, 7) is 3.87. The second-order valence-electron chi connectivity index (χ2n) is 3.16. The van der Waals surface area contributed by atoms with Crippen LogP contribution >= 0.6 is 46.7 Å². The van der Waals surface area contributed by atoms with Crippen molar-refractivity contribution >= 4 is 52.4 Å². The number of alkyl halides is 2. The Bertz CT molecular complexity index is 317. The van der Waals surface area contributed by atoms with Gasteiger partial charge in [0.1, 0.15) is 0 Å². The number of hydrogen-bond acceptors (Lipinski definition) is 4. The van der Waals surface area contributed by atoms with Crippen molar-refractivity contribution in [2.45, 2.75) is 33.1 Å². The van der Waals surface area contributed by atoms with Gasteiger partial charge >= 0.3 is 0 Å². The largest absolute Gasteiger partial charge is 0.324 e. The Morgan fingerprint density at radius 1 is 1.06 bits per heavy atom. The lowest BCUT2D eigenvalue weighted by Crippen LogP contribution is -2.06.